The van der Waals surface area contributed by atoms with Gasteiger partial charge >= 0.3 is 0 Å². The van der Waals surface area contributed by atoms with E-state index in [1.807, 2.05) is 50.2 Å². The molecule has 35 heavy (non-hydrogen) atoms. The van der Waals surface area contributed by atoms with Gasteiger partial charge in [0.1, 0.15) is 0 Å². The van der Waals surface area contributed by atoms with E-state index >= 15 is 0 Å². The van der Waals surface area contributed by atoms with Crippen molar-refractivity contribution < 1.29 is 8.42 Å². The third-order valence-corrected chi connectivity index (χ3v) is 9.28. The van der Waals surface area contributed by atoms with Crippen molar-refractivity contribution in [2.45, 2.75) is 82.2 Å². The Balaban J connectivity index is 2.22. The van der Waals surface area contributed by atoms with Crippen LogP contribution in [0.1, 0.15) is 82.9 Å². The lowest BCUT2D eigenvalue weighted by molar-refractivity contribution is 0.278. The molecule has 0 radical (unpaired) electrons. The summed E-state index contributed by atoms with van der Waals surface area (Å²) in [5.41, 5.74) is 3.31. The van der Waals surface area contributed by atoms with Gasteiger partial charge in [0, 0.05) is 31.0 Å². The Hall–Kier alpha value is -1.96. The average molecular weight is 516 g/mol. The minimum atomic E-state index is -3.48. The molecule has 5 nitrogen and oxygen atoms in total. The van der Waals surface area contributed by atoms with Crippen LogP contribution in [0.25, 0.3) is 0 Å². The molecule has 2 N–H and O–H groups in total. The number of rotatable bonds is 10. The van der Waals surface area contributed by atoms with E-state index in [0.29, 0.717) is 4.90 Å². The first kappa shape index (κ1) is 27.6. The Bertz CT molecular complexity index is 1120. The van der Waals surface area contributed by atoms with Gasteiger partial charge in [0.25, 0.3) is 0 Å². The van der Waals surface area contributed by atoms with Gasteiger partial charge in [0.15, 0.2) is 9.84 Å². The Morgan fingerprint density at radius 3 is 2.37 bits per heavy atom. The van der Waals surface area contributed by atoms with Crippen molar-refractivity contribution in [1.82, 2.24) is 5.32 Å². The van der Waals surface area contributed by atoms with Crippen LogP contribution in [0.2, 0.25) is 0 Å². The van der Waals surface area contributed by atoms with E-state index in [2.05, 4.69) is 36.6 Å². The van der Waals surface area contributed by atoms with Gasteiger partial charge in [-0.3, -0.25) is 5.32 Å². The molecule has 0 saturated heterocycles. The van der Waals surface area contributed by atoms with Crippen LogP contribution in [-0.2, 0) is 9.84 Å². The lowest BCUT2D eigenvalue weighted by atomic mass is 9.86. The van der Waals surface area contributed by atoms with E-state index < -0.39 is 15.4 Å². The highest BCUT2D eigenvalue weighted by atomic mass is 32.2. The van der Waals surface area contributed by atoms with Crippen LogP contribution in [0, 0.1) is 0 Å². The van der Waals surface area contributed by atoms with E-state index in [0.717, 1.165) is 72.4 Å². The van der Waals surface area contributed by atoms with Gasteiger partial charge in [0.05, 0.1) is 21.7 Å². The second-order valence-electron chi connectivity index (χ2n) is 9.97. The topological polar surface area (TPSA) is 61.4 Å². The first-order valence-electron chi connectivity index (χ1n) is 12.9. The smallest absolute Gasteiger partial charge is 0.180 e. The molecule has 2 aromatic carbocycles. The van der Waals surface area contributed by atoms with E-state index in [1.165, 1.54) is 0 Å². The molecule has 0 aromatic heterocycles. The quantitative estimate of drug-likeness (QED) is 0.353. The maximum absolute atomic E-state index is 13.9. The highest BCUT2D eigenvalue weighted by Gasteiger charge is 2.42. The van der Waals surface area contributed by atoms with Crippen LogP contribution in [0.15, 0.2) is 47.4 Å². The minimum Gasteiger partial charge on any atom is -0.378 e. The van der Waals surface area contributed by atoms with E-state index in [4.69, 9.17) is 12.2 Å². The van der Waals surface area contributed by atoms with Crippen molar-refractivity contribution in [3.8, 4) is 0 Å². The molecule has 0 spiro atoms. The molecular formula is C28H41N3O2S2. The molecule has 1 aliphatic heterocycles. The number of nitrogens with zero attached hydrogens (tertiary/aromatic N) is 1. The summed E-state index contributed by atoms with van der Waals surface area (Å²) in [6.45, 7) is 6.37. The molecule has 0 bridgehead atoms. The molecule has 1 atom stereocenters. The minimum absolute atomic E-state index is 0.128. The van der Waals surface area contributed by atoms with Crippen LogP contribution in [0.5, 0.6) is 0 Å². The van der Waals surface area contributed by atoms with Gasteiger partial charge in [-0.05, 0) is 60.7 Å². The maximum Gasteiger partial charge on any atom is 0.180 e. The molecular weight excluding hydrogens is 474 g/mol. The second kappa shape index (κ2) is 11.8. The fourth-order valence-corrected chi connectivity index (χ4v) is 7.13. The molecule has 1 aliphatic rings. The largest absolute Gasteiger partial charge is 0.378 e. The first-order chi connectivity index (χ1) is 16.6. The number of nitrogens with one attached hydrogen (secondary N) is 2. The molecule has 0 fully saturated rings. The summed E-state index contributed by atoms with van der Waals surface area (Å²) in [5, 5.41) is 7.25. The van der Waals surface area contributed by atoms with Crippen LogP contribution < -0.4 is 15.5 Å². The first-order valence-corrected chi connectivity index (χ1v) is 14.9. The number of fused-ring (bicyclic) bond motifs is 1. The lowest BCUT2D eigenvalue weighted by Crippen LogP contribution is -2.50. The number of anilines is 2. The summed E-state index contributed by atoms with van der Waals surface area (Å²) in [6, 6.07) is 13.7. The summed E-state index contributed by atoms with van der Waals surface area (Å²) < 4.78 is 27.7. The zero-order valence-electron chi connectivity index (χ0n) is 21.9. The summed E-state index contributed by atoms with van der Waals surface area (Å²) in [7, 11) is 0.488. The Labute approximate surface area is 217 Å². The molecule has 0 amide bonds. The normalized spacial score (nSPS) is 18.4. The number of unbranched alkanes of at least 4 members (excludes halogenated alkanes) is 2. The van der Waals surface area contributed by atoms with E-state index in [9.17, 15) is 8.42 Å². The predicted octanol–water partition coefficient (Wildman–Crippen LogP) is 6.49. The van der Waals surface area contributed by atoms with Crippen molar-refractivity contribution >= 4 is 38.4 Å². The van der Waals surface area contributed by atoms with Crippen molar-refractivity contribution in [2.24, 2.45) is 0 Å². The Morgan fingerprint density at radius 1 is 1.09 bits per heavy atom. The molecule has 2 aromatic rings. The second-order valence-corrected chi connectivity index (χ2v) is 12.4. The van der Waals surface area contributed by atoms with E-state index in [-0.39, 0.29) is 11.8 Å². The van der Waals surface area contributed by atoms with Crippen molar-refractivity contribution in [3.63, 3.8) is 0 Å². The average Bonchev–Trinajstić information content (AvgIpc) is 2.93. The van der Waals surface area contributed by atoms with Gasteiger partial charge in [0.2, 0.25) is 0 Å². The standard InChI is InChI=1S/C28H41N3O2S2/c1-6-9-16-28(17-10-7-2)20-35(32,33)25-15-14-23(31(4)5)19-24(25)27(30-28)21-12-11-13-22(18-21)29-26(34)8-3/h11-15,18-19,27,30H,6-10,16-17,20H2,1-5H3,(H,29,34). The highest BCUT2D eigenvalue weighted by molar-refractivity contribution is 7.91. The summed E-state index contributed by atoms with van der Waals surface area (Å²) in [6.07, 6.45) is 6.50. The predicted molar refractivity (Wildman–Crippen MR) is 153 cm³/mol. The Morgan fingerprint density at radius 2 is 1.77 bits per heavy atom. The van der Waals surface area contributed by atoms with Crippen LogP contribution in [-0.4, -0.2) is 38.8 Å². The van der Waals surface area contributed by atoms with E-state index in [1.54, 1.807) is 6.07 Å². The van der Waals surface area contributed by atoms with Gasteiger partial charge in [-0.15, -0.1) is 0 Å². The number of thiocarbonyl (C=S) groups is 1. The Kier molecular flexibility index (Phi) is 9.35. The summed E-state index contributed by atoms with van der Waals surface area (Å²) >= 11 is 5.42. The third kappa shape index (κ3) is 6.63. The zero-order chi connectivity index (χ0) is 25.6. The van der Waals surface area contributed by atoms with Gasteiger partial charge in [-0.1, -0.05) is 70.8 Å². The summed E-state index contributed by atoms with van der Waals surface area (Å²) in [5.74, 6) is 0.128. The molecule has 3 rings (SSSR count). The maximum atomic E-state index is 13.9. The molecule has 7 heteroatoms. The number of benzene rings is 2. The zero-order valence-corrected chi connectivity index (χ0v) is 23.5. The SMILES string of the molecule is CCCCC1(CCCC)CS(=O)(=O)c2ccc(N(C)C)cc2C(c2cccc(NC(=S)CC)c2)N1. The molecule has 0 saturated carbocycles. The van der Waals surface area contributed by atoms with Gasteiger partial charge in [-0.25, -0.2) is 8.42 Å². The molecule has 192 valence electrons. The highest BCUT2D eigenvalue weighted by Crippen LogP contribution is 2.40. The van der Waals surface area contributed by atoms with Crippen LogP contribution >= 0.6 is 12.2 Å². The fourth-order valence-electron chi connectivity index (χ4n) is 4.94. The molecule has 1 unspecified atom stereocenters. The summed E-state index contributed by atoms with van der Waals surface area (Å²) in [4.78, 5) is 3.25. The van der Waals surface area contributed by atoms with Crippen LogP contribution in [0.4, 0.5) is 11.4 Å². The molecule has 0 aliphatic carbocycles. The van der Waals surface area contributed by atoms with Crippen LogP contribution in [0.3, 0.4) is 0 Å². The van der Waals surface area contributed by atoms with Crippen molar-refractivity contribution in [1.29, 1.82) is 0 Å². The fraction of sp³-hybridized carbons (Fsp3) is 0.536. The third-order valence-electron chi connectivity index (χ3n) is 6.92. The lowest BCUT2D eigenvalue weighted by Gasteiger charge is -2.37. The number of hydrogen-bond acceptors (Lipinski definition) is 5. The van der Waals surface area contributed by atoms with Gasteiger partial charge < -0.3 is 10.2 Å². The number of sulfone groups is 1. The van der Waals surface area contributed by atoms with Crippen molar-refractivity contribution in [3.05, 3.63) is 53.6 Å². The molecule has 1 heterocycles. The van der Waals surface area contributed by atoms with Gasteiger partial charge in [-0.2, -0.15) is 0 Å². The van der Waals surface area contributed by atoms with Crippen molar-refractivity contribution in [2.75, 3.05) is 30.1 Å². The number of hydrogen-bond donors (Lipinski definition) is 2. The monoisotopic (exact) mass is 515 g/mol.